The molecule has 0 aliphatic rings. The Hall–Kier alpha value is -3.08. The number of aromatic nitrogens is 1. The number of carbonyl (C=O) groups is 1. The Morgan fingerprint density at radius 1 is 1.07 bits per heavy atom. The van der Waals surface area contributed by atoms with E-state index >= 15 is 0 Å². The Kier molecular flexibility index (Phi) is 5.83. The van der Waals surface area contributed by atoms with E-state index in [1.807, 2.05) is 50.2 Å². The van der Waals surface area contributed by atoms with Crippen molar-refractivity contribution in [2.45, 2.75) is 34.2 Å². The summed E-state index contributed by atoms with van der Waals surface area (Å²) in [5.74, 6) is 0.304. The van der Waals surface area contributed by atoms with E-state index in [1.165, 1.54) is 0 Å². The maximum atomic E-state index is 13.0. The number of aryl methyl sites for hydroxylation is 2. The van der Waals surface area contributed by atoms with Gasteiger partial charge in [0.25, 0.3) is 0 Å². The second kappa shape index (κ2) is 8.30. The molecular formula is C23H27N3O2. The zero-order valence-electron chi connectivity index (χ0n) is 16.9. The number of H-pyrrole nitrogens is 1. The van der Waals surface area contributed by atoms with E-state index in [0.29, 0.717) is 19.0 Å². The monoisotopic (exact) mass is 377 g/mol. The maximum absolute atomic E-state index is 13.0. The molecule has 0 bridgehead atoms. The molecule has 5 heteroatoms. The van der Waals surface area contributed by atoms with Crippen LogP contribution in [-0.4, -0.2) is 22.5 Å². The molecule has 0 aliphatic carbocycles. The summed E-state index contributed by atoms with van der Waals surface area (Å²) in [5.41, 5.74) is 4.46. The van der Waals surface area contributed by atoms with Gasteiger partial charge in [-0.2, -0.15) is 0 Å². The van der Waals surface area contributed by atoms with E-state index in [-0.39, 0.29) is 11.6 Å². The van der Waals surface area contributed by atoms with Crippen LogP contribution in [0.3, 0.4) is 0 Å². The van der Waals surface area contributed by atoms with E-state index in [2.05, 4.69) is 30.2 Å². The highest BCUT2D eigenvalue weighted by Gasteiger charge is 2.17. The van der Waals surface area contributed by atoms with Gasteiger partial charge in [-0.1, -0.05) is 38.1 Å². The Morgan fingerprint density at radius 2 is 1.75 bits per heavy atom. The largest absolute Gasteiger partial charge is 0.322 e. The molecule has 0 radical (unpaired) electrons. The van der Waals surface area contributed by atoms with Crippen LogP contribution in [0.4, 0.5) is 10.5 Å². The van der Waals surface area contributed by atoms with E-state index < -0.39 is 0 Å². The topological polar surface area (TPSA) is 65.2 Å². The predicted molar refractivity (Wildman–Crippen MR) is 115 cm³/mol. The fourth-order valence-electron chi connectivity index (χ4n) is 3.52. The SMILES string of the molecule is Cc1cc(C)cc(NC(=O)N(Cc2cc(=O)[nH]c3ccccc23)CC(C)C)c1. The molecule has 0 saturated carbocycles. The van der Waals surface area contributed by atoms with E-state index in [0.717, 1.165) is 33.3 Å². The molecule has 1 aromatic heterocycles. The Balaban J connectivity index is 1.90. The van der Waals surface area contributed by atoms with Gasteiger partial charge in [0.05, 0.1) is 0 Å². The molecule has 146 valence electrons. The summed E-state index contributed by atoms with van der Waals surface area (Å²) in [7, 11) is 0. The number of anilines is 1. The molecule has 3 aromatic rings. The minimum Gasteiger partial charge on any atom is -0.322 e. The highest BCUT2D eigenvalue weighted by Crippen LogP contribution is 2.19. The smallest absolute Gasteiger partial charge is 0.322 e. The maximum Gasteiger partial charge on any atom is 0.322 e. The lowest BCUT2D eigenvalue weighted by atomic mass is 10.1. The number of pyridine rings is 1. The first-order valence-electron chi connectivity index (χ1n) is 9.57. The van der Waals surface area contributed by atoms with Crippen LogP contribution in [0.1, 0.15) is 30.5 Å². The van der Waals surface area contributed by atoms with Gasteiger partial charge < -0.3 is 15.2 Å². The quantitative estimate of drug-likeness (QED) is 0.668. The summed E-state index contributed by atoms with van der Waals surface area (Å²) in [6, 6.07) is 15.1. The Labute approximate surface area is 165 Å². The van der Waals surface area contributed by atoms with Gasteiger partial charge in [-0.3, -0.25) is 4.79 Å². The average Bonchev–Trinajstić information content (AvgIpc) is 2.59. The van der Waals surface area contributed by atoms with Gasteiger partial charge in [0.2, 0.25) is 5.56 Å². The first-order valence-corrected chi connectivity index (χ1v) is 9.57. The van der Waals surface area contributed by atoms with Crippen LogP contribution in [0.2, 0.25) is 0 Å². The fourth-order valence-corrected chi connectivity index (χ4v) is 3.52. The number of carbonyl (C=O) groups excluding carboxylic acids is 1. The molecule has 0 atom stereocenters. The number of amides is 2. The van der Waals surface area contributed by atoms with Crippen molar-refractivity contribution in [2.75, 3.05) is 11.9 Å². The lowest BCUT2D eigenvalue weighted by Gasteiger charge is -2.25. The molecule has 2 aromatic carbocycles. The molecule has 28 heavy (non-hydrogen) atoms. The standard InChI is InChI=1S/C23H27N3O2/c1-15(2)13-26(23(28)24-19-10-16(3)9-17(4)11-19)14-18-12-22(27)25-21-8-6-5-7-20(18)21/h5-12,15H,13-14H2,1-4H3,(H,24,28)(H,25,27). The number of aromatic amines is 1. The number of hydrogen-bond donors (Lipinski definition) is 2. The minimum atomic E-state index is -0.164. The molecule has 0 unspecified atom stereocenters. The fraction of sp³-hybridized carbons (Fsp3) is 0.304. The normalized spacial score (nSPS) is 11.0. The van der Waals surface area contributed by atoms with Crippen molar-refractivity contribution in [3.63, 3.8) is 0 Å². The second-order valence-corrected chi connectivity index (χ2v) is 7.79. The molecule has 0 saturated heterocycles. The first kappa shape index (κ1) is 19.7. The number of fused-ring (bicyclic) bond motifs is 1. The summed E-state index contributed by atoms with van der Waals surface area (Å²) in [5, 5.41) is 3.97. The van der Waals surface area contributed by atoms with E-state index in [4.69, 9.17) is 0 Å². The van der Waals surface area contributed by atoms with Gasteiger partial charge >= 0.3 is 6.03 Å². The van der Waals surface area contributed by atoms with Gasteiger partial charge in [-0.25, -0.2) is 4.79 Å². The molecule has 1 heterocycles. The van der Waals surface area contributed by atoms with E-state index in [9.17, 15) is 9.59 Å². The number of nitrogens with zero attached hydrogens (tertiary/aromatic N) is 1. The van der Waals surface area contributed by atoms with Crippen LogP contribution in [0.25, 0.3) is 10.9 Å². The number of rotatable bonds is 5. The molecule has 0 fully saturated rings. The average molecular weight is 377 g/mol. The van der Waals surface area contributed by atoms with Crippen molar-refractivity contribution in [3.8, 4) is 0 Å². The molecular weight excluding hydrogens is 350 g/mol. The number of para-hydroxylation sites is 1. The van der Waals surface area contributed by atoms with Crippen molar-refractivity contribution in [1.82, 2.24) is 9.88 Å². The summed E-state index contributed by atoms with van der Waals surface area (Å²) in [4.78, 5) is 29.7. The number of urea groups is 1. The molecule has 2 N–H and O–H groups in total. The van der Waals surface area contributed by atoms with Gasteiger partial charge in [-0.05, 0) is 54.7 Å². The third kappa shape index (κ3) is 4.80. The predicted octanol–water partition coefficient (Wildman–Crippen LogP) is 4.84. The molecule has 0 spiro atoms. The van der Waals surface area contributed by atoms with Crippen LogP contribution < -0.4 is 10.9 Å². The van der Waals surface area contributed by atoms with Crippen molar-refractivity contribution in [2.24, 2.45) is 5.92 Å². The number of benzene rings is 2. The minimum absolute atomic E-state index is 0.159. The van der Waals surface area contributed by atoms with Gasteiger partial charge in [0, 0.05) is 35.7 Å². The van der Waals surface area contributed by atoms with Crippen LogP contribution in [0.15, 0.2) is 53.3 Å². The van der Waals surface area contributed by atoms with Crippen molar-refractivity contribution in [1.29, 1.82) is 0 Å². The van der Waals surface area contributed by atoms with Gasteiger partial charge in [-0.15, -0.1) is 0 Å². The van der Waals surface area contributed by atoms with E-state index in [1.54, 1.807) is 11.0 Å². The third-order valence-corrected chi connectivity index (χ3v) is 4.54. The second-order valence-electron chi connectivity index (χ2n) is 7.79. The van der Waals surface area contributed by atoms with Gasteiger partial charge in [0.1, 0.15) is 0 Å². The molecule has 3 rings (SSSR count). The first-order chi connectivity index (χ1) is 13.3. The van der Waals surface area contributed by atoms with Crippen molar-refractivity contribution >= 4 is 22.6 Å². The van der Waals surface area contributed by atoms with Crippen LogP contribution in [0.5, 0.6) is 0 Å². The molecule has 5 nitrogen and oxygen atoms in total. The third-order valence-electron chi connectivity index (χ3n) is 4.54. The van der Waals surface area contributed by atoms with Crippen LogP contribution >= 0.6 is 0 Å². The molecule has 0 aliphatic heterocycles. The van der Waals surface area contributed by atoms with Crippen LogP contribution in [-0.2, 0) is 6.54 Å². The highest BCUT2D eigenvalue weighted by atomic mass is 16.2. The Bertz CT molecular complexity index is 1030. The lowest BCUT2D eigenvalue weighted by molar-refractivity contribution is 0.202. The highest BCUT2D eigenvalue weighted by molar-refractivity contribution is 5.90. The zero-order chi connectivity index (χ0) is 20.3. The summed E-state index contributed by atoms with van der Waals surface area (Å²) in [6.45, 7) is 9.14. The van der Waals surface area contributed by atoms with Gasteiger partial charge in [0.15, 0.2) is 0 Å². The number of nitrogens with one attached hydrogen (secondary N) is 2. The lowest BCUT2D eigenvalue weighted by Crippen LogP contribution is -2.37. The summed E-state index contributed by atoms with van der Waals surface area (Å²) in [6.07, 6.45) is 0. The zero-order valence-corrected chi connectivity index (χ0v) is 16.9. The number of hydrogen-bond acceptors (Lipinski definition) is 2. The Morgan fingerprint density at radius 3 is 2.43 bits per heavy atom. The van der Waals surface area contributed by atoms with Crippen LogP contribution in [0, 0.1) is 19.8 Å². The van der Waals surface area contributed by atoms with Crippen molar-refractivity contribution in [3.05, 3.63) is 75.6 Å². The summed E-state index contributed by atoms with van der Waals surface area (Å²) < 4.78 is 0. The summed E-state index contributed by atoms with van der Waals surface area (Å²) >= 11 is 0. The molecule has 2 amide bonds. The van der Waals surface area contributed by atoms with Crippen molar-refractivity contribution < 1.29 is 4.79 Å².